The van der Waals surface area contributed by atoms with Crippen molar-refractivity contribution < 1.29 is 4.79 Å². The zero-order chi connectivity index (χ0) is 10.9. The first-order valence-corrected chi connectivity index (χ1v) is 5.07. The summed E-state index contributed by atoms with van der Waals surface area (Å²) in [6, 6.07) is 3.54. The Bertz CT molecular complexity index is 364. The van der Waals surface area contributed by atoms with Gasteiger partial charge in [0, 0.05) is 5.56 Å². The summed E-state index contributed by atoms with van der Waals surface area (Å²) in [6.45, 7) is 6.14. The van der Waals surface area contributed by atoms with Crippen LogP contribution >= 0.6 is 23.2 Å². The minimum absolute atomic E-state index is 0.0673. The molecule has 0 atom stereocenters. The molecule has 0 aliphatic carbocycles. The standard InChI is InChI=1S/C11H12Cl2O/c1-11(2,3)8-5-4-7(6-14)9(12)10(8)13/h4-6H,1-3H3. The Morgan fingerprint density at radius 1 is 1.14 bits per heavy atom. The van der Waals surface area contributed by atoms with E-state index in [0.29, 0.717) is 21.9 Å². The van der Waals surface area contributed by atoms with Crippen molar-refractivity contribution in [3.63, 3.8) is 0 Å². The topological polar surface area (TPSA) is 17.1 Å². The summed E-state index contributed by atoms with van der Waals surface area (Å²) >= 11 is 12.0. The molecule has 0 aromatic heterocycles. The average molecular weight is 231 g/mol. The van der Waals surface area contributed by atoms with Crippen molar-refractivity contribution in [1.29, 1.82) is 0 Å². The van der Waals surface area contributed by atoms with Crippen LogP contribution in [0.5, 0.6) is 0 Å². The third kappa shape index (κ3) is 2.10. The van der Waals surface area contributed by atoms with Gasteiger partial charge in [-0.25, -0.2) is 0 Å². The molecule has 0 saturated carbocycles. The van der Waals surface area contributed by atoms with Crippen molar-refractivity contribution in [2.75, 3.05) is 0 Å². The fourth-order valence-corrected chi connectivity index (χ4v) is 1.90. The van der Waals surface area contributed by atoms with Crippen LogP contribution in [0.1, 0.15) is 36.7 Å². The Labute approximate surface area is 94.0 Å². The molecule has 3 heteroatoms. The monoisotopic (exact) mass is 230 g/mol. The van der Waals surface area contributed by atoms with E-state index in [9.17, 15) is 4.79 Å². The lowest BCUT2D eigenvalue weighted by molar-refractivity contribution is 0.112. The summed E-state index contributed by atoms with van der Waals surface area (Å²) in [4.78, 5) is 10.6. The summed E-state index contributed by atoms with van der Waals surface area (Å²) in [7, 11) is 0. The molecule has 0 unspecified atom stereocenters. The maximum Gasteiger partial charge on any atom is 0.151 e. The van der Waals surface area contributed by atoms with Crippen LogP contribution in [0.2, 0.25) is 10.0 Å². The number of carbonyl (C=O) groups is 1. The van der Waals surface area contributed by atoms with Crippen LogP contribution in [0.25, 0.3) is 0 Å². The van der Waals surface area contributed by atoms with Crippen molar-refractivity contribution in [3.8, 4) is 0 Å². The van der Waals surface area contributed by atoms with Gasteiger partial charge in [0.2, 0.25) is 0 Å². The molecule has 1 aromatic rings. The number of aldehydes is 1. The molecule has 76 valence electrons. The molecule has 0 aliphatic heterocycles. The van der Waals surface area contributed by atoms with Gasteiger partial charge in [0.25, 0.3) is 0 Å². The largest absolute Gasteiger partial charge is 0.298 e. The highest BCUT2D eigenvalue weighted by Gasteiger charge is 2.20. The van der Waals surface area contributed by atoms with Crippen LogP contribution in [0, 0.1) is 0 Å². The lowest BCUT2D eigenvalue weighted by Gasteiger charge is -2.21. The Kier molecular flexibility index (Phi) is 3.23. The van der Waals surface area contributed by atoms with Crippen molar-refractivity contribution in [2.45, 2.75) is 26.2 Å². The summed E-state index contributed by atoms with van der Waals surface area (Å²) in [6.07, 6.45) is 0.709. The molecule has 0 aliphatic rings. The van der Waals surface area contributed by atoms with Crippen molar-refractivity contribution in [1.82, 2.24) is 0 Å². The van der Waals surface area contributed by atoms with E-state index >= 15 is 0 Å². The summed E-state index contributed by atoms with van der Waals surface area (Å²) < 4.78 is 0. The van der Waals surface area contributed by atoms with Crippen LogP contribution in [-0.4, -0.2) is 6.29 Å². The van der Waals surface area contributed by atoms with E-state index in [0.717, 1.165) is 5.56 Å². The van der Waals surface area contributed by atoms with Gasteiger partial charge in [-0.15, -0.1) is 0 Å². The van der Waals surface area contributed by atoms with E-state index in [1.165, 1.54) is 0 Å². The maximum absolute atomic E-state index is 10.6. The van der Waals surface area contributed by atoms with Gasteiger partial charge in [-0.05, 0) is 17.0 Å². The smallest absolute Gasteiger partial charge is 0.151 e. The molecule has 0 spiro atoms. The predicted molar refractivity (Wildman–Crippen MR) is 60.5 cm³/mol. The lowest BCUT2D eigenvalue weighted by atomic mass is 9.86. The first-order chi connectivity index (χ1) is 6.38. The molecule has 0 saturated heterocycles. The zero-order valence-electron chi connectivity index (χ0n) is 8.40. The van der Waals surface area contributed by atoms with E-state index in [1.54, 1.807) is 6.07 Å². The van der Waals surface area contributed by atoms with Gasteiger partial charge < -0.3 is 0 Å². The van der Waals surface area contributed by atoms with E-state index < -0.39 is 0 Å². The number of hydrogen-bond acceptors (Lipinski definition) is 1. The molecule has 1 rings (SSSR count). The van der Waals surface area contributed by atoms with E-state index in [2.05, 4.69) is 0 Å². The molecule has 0 bridgehead atoms. The summed E-state index contributed by atoms with van der Waals surface area (Å²) in [5, 5.41) is 0.817. The average Bonchev–Trinajstić information content (AvgIpc) is 2.07. The number of benzene rings is 1. The highest BCUT2D eigenvalue weighted by atomic mass is 35.5. The molecular weight excluding hydrogens is 219 g/mol. The highest BCUT2D eigenvalue weighted by molar-refractivity contribution is 6.44. The fraction of sp³-hybridized carbons (Fsp3) is 0.364. The van der Waals surface area contributed by atoms with Gasteiger partial charge in [0.05, 0.1) is 10.0 Å². The molecule has 0 amide bonds. The second-order valence-electron chi connectivity index (χ2n) is 4.20. The normalized spacial score (nSPS) is 11.5. The van der Waals surface area contributed by atoms with Crippen LogP contribution in [0.3, 0.4) is 0 Å². The van der Waals surface area contributed by atoms with Gasteiger partial charge in [-0.2, -0.15) is 0 Å². The maximum atomic E-state index is 10.6. The van der Waals surface area contributed by atoms with Crippen molar-refractivity contribution in [3.05, 3.63) is 33.3 Å². The number of carbonyl (C=O) groups excluding carboxylic acids is 1. The van der Waals surface area contributed by atoms with Crippen LogP contribution in [0.4, 0.5) is 0 Å². The van der Waals surface area contributed by atoms with Gasteiger partial charge in [0.1, 0.15) is 0 Å². The molecule has 1 nitrogen and oxygen atoms in total. The number of rotatable bonds is 1. The molecular formula is C11H12Cl2O. The summed E-state index contributed by atoms with van der Waals surface area (Å²) in [5.41, 5.74) is 1.32. The molecule has 1 aromatic carbocycles. The second-order valence-corrected chi connectivity index (χ2v) is 4.95. The van der Waals surface area contributed by atoms with E-state index in [-0.39, 0.29) is 5.41 Å². The number of halogens is 2. The zero-order valence-corrected chi connectivity index (χ0v) is 9.91. The van der Waals surface area contributed by atoms with Gasteiger partial charge in [-0.1, -0.05) is 50.0 Å². The Hall–Kier alpha value is -0.530. The molecule has 0 fully saturated rings. The fourth-order valence-electron chi connectivity index (χ4n) is 1.23. The van der Waals surface area contributed by atoms with Crippen LogP contribution < -0.4 is 0 Å². The van der Waals surface area contributed by atoms with E-state index in [4.69, 9.17) is 23.2 Å². The Morgan fingerprint density at radius 2 is 1.71 bits per heavy atom. The predicted octanol–water partition coefficient (Wildman–Crippen LogP) is 4.10. The SMILES string of the molecule is CC(C)(C)c1ccc(C=O)c(Cl)c1Cl. The third-order valence-electron chi connectivity index (χ3n) is 2.05. The minimum atomic E-state index is -0.0673. The van der Waals surface area contributed by atoms with E-state index in [1.807, 2.05) is 26.8 Å². The number of hydrogen-bond donors (Lipinski definition) is 0. The van der Waals surface area contributed by atoms with Gasteiger partial charge >= 0.3 is 0 Å². The highest BCUT2D eigenvalue weighted by Crippen LogP contribution is 2.35. The molecule has 0 N–H and O–H groups in total. The van der Waals surface area contributed by atoms with Gasteiger partial charge in [0.15, 0.2) is 6.29 Å². The molecule has 14 heavy (non-hydrogen) atoms. The van der Waals surface area contributed by atoms with Gasteiger partial charge in [-0.3, -0.25) is 4.79 Å². The Morgan fingerprint density at radius 3 is 2.14 bits per heavy atom. The second kappa shape index (κ2) is 3.92. The molecule has 0 heterocycles. The lowest BCUT2D eigenvalue weighted by Crippen LogP contribution is -2.12. The first kappa shape index (κ1) is 11.5. The Balaban J connectivity index is 3.38. The van der Waals surface area contributed by atoms with Crippen LogP contribution in [0.15, 0.2) is 12.1 Å². The minimum Gasteiger partial charge on any atom is -0.298 e. The molecule has 0 radical (unpaired) electrons. The van der Waals surface area contributed by atoms with Crippen molar-refractivity contribution in [2.24, 2.45) is 0 Å². The third-order valence-corrected chi connectivity index (χ3v) is 2.94. The first-order valence-electron chi connectivity index (χ1n) is 4.31. The van der Waals surface area contributed by atoms with Crippen molar-refractivity contribution >= 4 is 29.5 Å². The van der Waals surface area contributed by atoms with Crippen LogP contribution in [-0.2, 0) is 5.41 Å². The summed E-state index contributed by atoms with van der Waals surface area (Å²) in [5.74, 6) is 0. The quantitative estimate of drug-likeness (QED) is 0.665.